The molecule has 0 saturated carbocycles. The first-order valence-corrected chi connectivity index (χ1v) is 13.1. The Morgan fingerprint density at radius 2 is 1.07 bits per heavy atom. The van der Waals surface area contributed by atoms with Crippen molar-refractivity contribution in [1.82, 2.24) is 5.32 Å². The van der Waals surface area contributed by atoms with Crippen molar-refractivity contribution in [1.29, 1.82) is 0 Å². The molecule has 4 heteroatoms. The molecule has 0 bridgehead atoms. The molecule has 0 rings (SSSR count). The molecule has 0 aliphatic carbocycles. The molecule has 2 N–H and O–H groups in total. The average Bonchev–Trinajstić information content (AvgIpc) is 2.74. The molecule has 0 unspecified atom stereocenters. The maximum Gasteiger partial charge on any atom is 0.320 e. The summed E-state index contributed by atoms with van der Waals surface area (Å²) in [5, 5.41) is 12.1. The molecule has 0 spiro atoms. The fourth-order valence-corrected chi connectivity index (χ4v) is 4.03. The third-order valence-electron chi connectivity index (χ3n) is 6.04. The maximum atomic E-state index is 11.1. The summed E-state index contributed by atoms with van der Waals surface area (Å²) in [7, 11) is 0. The van der Waals surface area contributed by atoms with Crippen LogP contribution in [0.4, 0.5) is 0 Å². The normalized spacial score (nSPS) is 12.2. The molecule has 0 aromatic heterocycles. The highest BCUT2D eigenvalue weighted by Crippen LogP contribution is 2.14. The molecule has 0 amide bonds. The molecular weight excluding hydrogens is 374 g/mol. The summed E-state index contributed by atoms with van der Waals surface area (Å²) >= 11 is 0. The molecule has 4 nitrogen and oxygen atoms in total. The van der Waals surface area contributed by atoms with Crippen molar-refractivity contribution in [2.75, 3.05) is 6.54 Å². The standard InChI is InChI=1S/C26H51NO3/c1-2-3-4-5-6-7-8-9-10-11-12-13-14-15-16-17-18-19-20-23-27-25(26(29)30)22-21-24-28/h24-25,27H,2-23H2,1H3,(H,29,30)/t25-/m0/s1. The van der Waals surface area contributed by atoms with E-state index in [2.05, 4.69) is 12.2 Å². The van der Waals surface area contributed by atoms with Crippen molar-refractivity contribution in [2.24, 2.45) is 0 Å². The lowest BCUT2D eigenvalue weighted by molar-refractivity contribution is -0.139. The zero-order valence-electron chi connectivity index (χ0n) is 20.0. The van der Waals surface area contributed by atoms with Gasteiger partial charge in [0.15, 0.2) is 0 Å². The molecule has 0 radical (unpaired) electrons. The quantitative estimate of drug-likeness (QED) is 0.118. The number of nitrogens with one attached hydrogen (secondary N) is 1. The van der Waals surface area contributed by atoms with Crippen LogP contribution >= 0.6 is 0 Å². The van der Waals surface area contributed by atoms with Crippen molar-refractivity contribution in [3.8, 4) is 0 Å². The second kappa shape index (κ2) is 24.4. The summed E-state index contributed by atoms with van der Waals surface area (Å²) in [6, 6.07) is -0.578. The van der Waals surface area contributed by atoms with E-state index in [-0.39, 0.29) is 0 Å². The Hall–Kier alpha value is -0.900. The molecule has 0 heterocycles. The summed E-state index contributed by atoms with van der Waals surface area (Å²) < 4.78 is 0. The maximum absolute atomic E-state index is 11.1. The molecular formula is C26H51NO3. The van der Waals surface area contributed by atoms with E-state index in [1.807, 2.05) is 0 Å². The Bertz CT molecular complexity index is 373. The molecule has 1 atom stereocenters. The predicted octanol–water partition coefficient (Wildman–Crippen LogP) is 7.44. The number of carbonyl (C=O) groups excluding carboxylic acids is 1. The number of hydrogen-bond acceptors (Lipinski definition) is 3. The first-order chi connectivity index (χ1) is 14.7. The second-order valence-electron chi connectivity index (χ2n) is 8.95. The van der Waals surface area contributed by atoms with Crippen LogP contribution in [-0.4, -0.2) is 29.9 Å². The third-order valence-corrected chi connectivity index (χ3v) is 6.04. The van der Waals surface area contributed by atoms with Gasteiger partial charge in [-0.15, -0.1) is 0 Å². The zero-order chi connectivity index (χ0) is 22.1. The summed E-state index contributed by atoms with van der Waals surface area (Å²) in [6.07, 6.45) is 27.4. The second-order valence-corrected chi connectivity index (χ2v) is 8.95. The minimum Gasteiger partial charge on any atom is -0.480 e. The Morgan fingerprint density at radius 1 is 0.700 bits per heavy atom. The molecule has 0 aliphatic heterocycles. The van der Waals surface area contributed by atoms with E-state index < -0.39 is 12.0 Å². The predicted molar refractivity (Wildman–Crippen MR) is 128 cm³/mol. The summed E-state index contributed by atoms with van der Waals surface area (Å²) in [5.74, 6) is -0.852. The molecule has 0 fully saturated rings. The van der Waals surface area contributed by atoms with Gasteiger partial charge >= 0.3 is 5.97 Å². The SMILES string of the molecule is CCCCCCCCCCCCCCCCCCCCCN[C@@H](CCC=O)C(=O)O. The van der Waals surface area contributed by atoms with Gasteiger partial charge < -0.3 is 15.2 Å². The summed E-state index contributed by atoms with van der Waals surface area (Å²) in [4.78, 5) is 21.4. The van der Waals surface area contributed by atoms with Gasteiger partial charge in [-0.25, -0.2) is 0 Å². The van der Waals surface area contributed by atoms with Gasteiger partial charge in [-0.05, 0) is 19.4 Å². The topological polar surface area (TPSA) is 66.4 Å². The van der Waals surface area contributed by atoms with Crippen LogP contribution in [0, 0.1) is 0 Å². The van der Waals surface area contributed by atoms with E-state index >= 15 is 0 Å². The molecule has 178 valence electrons. The van der Waals surface area contributed by atoms with Crippen LogP contribution in [0.1, 0.15) is 142 Å². The number of carboxylic acids is 1. The van der Waals surface area contributed by atoms with Gasteiger partial charge in [0.1, 0.15) is 12.3 Å². The fourth-order valence-electron chi connectivity index (χ4n) is 4.03. The van der Waals surface area contributed by atoms with Crippen LogP contribution < -0.4 is 5.32 Å². The number of aliphatic carboxylic acids is 1. The van der Waals surface area contributed by atoms with Crippen molar-refractivity contribution < 1.29 is 14.7 Å². The molecule has 30 heavy (non-hydrogen) atoms. The largest absolute Gasteiger partial charge is 0.480 e. The Balaban J connectivity index is 3.19. The van der Waals surface area contributed by atoms with Crippen molar-refractivity contribution in [2.45, 2.75) is 148 Å². The third kappa shape index (κ3) is 21.8. The highest BCUT2D eigenvalue weighted by Gasteiger charge is 2.15. The number of carbonyl (C=O) groups is 2. The van der Waals surface area contributed by atoms with Crippen LogP contribution in [0.3, 0.4) is 0 Å². The highest BCUT2D eigenvalue weighted by molar-refractivity contribution is 5.73. The van der Waals surface area contributed by atoms with E-state index in [1.54, 1.807) is 0 Å². The van der Waals surface area contributed by atoms with Gasteiger partial charge in [0.2, 0.25) is 0 Å². The van der Waals surface area contributed by atoms with Crippen molar-refractivity contribution >= 4 is 12.3 Å². The van der Waals surface area contributed by atoms with Gasteiger partial charge in [0.25, 0.3) is 0 Å². The average molecular weight is 426 g/mol. The van der Waals surface area contributed by atoms with E-state index in [9.17, 15) is 9.59 Å². The van der Waals surface area contributed by atoms with Gasteiger partial charge in [-0.2, -0.15) is 0 Å². The first-order valence-electron chi connectivity index (χ1n) is 13.1. The Kier molecular flexibility index (Phi) is 23.6. The van der Waals surface area contributed by atoms with Crippen LogP contribution in [0.2, 0.25) is 0 Å². The molecule has 0 aromatic rings. The number of rotatable bonds is 25. The minimum atomic E-state index is -0.852. The van der Waals surface area contributed by atoms with Crippen LogP contribution in [0.25, 0.3) is 0 Å². The van der Waals surface area contributed by atoms with Crippen LogP contribution in [0.5, 0.6) is 0 Å². The lowest BCUT2D eigenvalue weighted by atomic mass is 10.0. The first kappa shape index (κ1) is 29.1. The molecule has 0 aromatic carbocycles. The summed E-state index contributed by atoms with van der Waals surface area (Å²) in [5.41, 5.74) is 0. The number of unbranched alkanes of at least 4 members (excludes halogenated alkanes) is 18. The Morgan fingerprint density at radius 3 is 1.40 bits per heavy atom. The number of carboxylic acid groups (broad SMARTS) is 1. The zero-order valence-corrected chi connectivity index (χ0v) is 20.0. The smallest absolute Gasteiger partial charge is 0.320 e. The monoisotopic (exact) mass is 425 g/mol. The lowest BCUT2D eigenvalue weighted by Crippen LogP contribution is -2.37. The lowest BCUT2D eigenvalue weighted by Gasteiger charge is -2.12. The van der Waals surface area contributed by atoms with Gasteiger partial charge in [-0.3, -0.25) is 4.79 Å². The van der Waals surface area contributed by atoms with Gasteiger partial charge in [0.05, 0.1) is 0 Å². The van der Waals surface area contributed by atoms with Gasteiger partial charge in [0, 0.05) is 6.42 Å². The highest BCUT2D eigenvalue weighted by atomic mass is 16.4. The molecule has 0 saturated heterocycles. The van der Waals surface area contributed by atoms with Crippen LogP contribution in [0.15, 0.2) is 0 Å². The van der Waals surface area contributed by atoms with E-state index in [1.165, 1.54) is 109 Å². The van der Waals surface area contributed by atoms with Gasteiger partial charge in [-0.1, -0.05) is 122 Å². The Labute approximate surface area is 187 Å². The van der Waals surface area contributed by atoms with E-state index in [0.717, 1.165) is 25.7 Å². The summed E-state index contributed by atoms with van der Waals surface area (Å²) in [6.45, 7) is 3.01. The van der Waals surface area contributed by atoms with E-state index in [0.29, 0.717) is 12.8 Å². The van der Waals surface area contributed by atoms with Crippen LogP contribution in [-0.2, 0) is 9.59 Å². The van der Waals surface area contributed by atoms with Crippen molar-refractivity contribution in [3.63, 3.8) is 0 Å². The van der Waals surface area contributed by atoms with Crippen molar-refractivity contribution in [3.05, 3.63) is 0 Å². The number of hydrogen-bond donors (Lipinski definition) is 2. The molecule has 0 aliphatic rings. The fraction of sp³-hybridized carbons (Fsp3) is 0.923. The van der Waals surface area contributed by atoms with E-state index in [4.69, 9.17) is 5.11 Å². The number of aldehydes is 1. The minimum absolute atomic E-state index is 0.309.